The Morgan fingerprint density at radius 2 is 1.27 bits per heavy atom. The summed E-state index contributed by atoms with van der Waals surface area (Å²) < 4.78 is 0. The molecule has 3 rings (SSSR count). The van der Waals surface area contributed by atoms with Crippen LogP contribution in [0.4, 0.5) is 0 Å². The molecule has 1 heterocycles. The van der Waals surface area contributed by atoms with E-state index in [9.17, 15) is 0 Å². The predicted octanol–water partition coefficient (Wildman–Crippen LogP) is 7.68. The first-order valence-electron chi connectivity index (χ1n) is 11.6. The van der Waals surface area contributed by atoms with Crippen molar-refractivity contribution in [3.05, 3.63) is 59.8 Å². The second kappa shape index (κ2) is 8.38. The van der Waals surface area contributed by atoms with Gasteiger partial charge in [0, 0.05) is 6.20 Å². The van der Waals surface area contributed by atoms with Gasteiger partial charge in [0.25, 0.3) is 0 Å². The third-order valence-electron chi connectivity index (χ3n) is 6.81. The molecule has 0 amide bonds. The van der Waals surface area contributed by atoms with Gasteiger partial charge >= 0.3 is 0 Å². The van der Waals surface area contributed by atoms with Crippen LogP contribution >= 0.6 is 7.92 Å². The van der Waals surface area contributed by atoms with Crippen molar-refractivity contribution in [2.45, 2.75) is 80.1 Å². The normalized spacial score (nSPS) is 23.3. The number of nitrogens with zero attached hydrogens (tertiary/aromatic N) is 1. The van der Waals surface area contributed by atoms with Crippen molar-refractivity contribution in [1.82, 2.24) is 4.98 Å². The molecule has 3 unspecified atom stereocenters. The summed E-state index contributed by atoms with van der Waals surface area (Å²) in [7, 11) is -0.372. The third kappa shape index (κ3) is 5.34. The van der Waals surface area contributed by atoms with Crippen LogP contribution in [0.25, 0.3) is 0 Å². The number of pyridine rings is 1. The minimum absolute atomic E-state index is 0.234. The highest BCUT2D eigenvalue weighted by molar-refractivity contribution is 7.66. The molecule has 1 fully saturated rings. The van der Waals surface area contributed by atoms with Crippen LogP contribution in [0.2, 0.25) is 0 Å². The van der Waals surface area contributed by atoms with E-state index in [2.05, 4.69) is 98.7 Å². The number of rotatable bonds is 5. The van der Waals surface area contributed by atoms with E-state index < -0.39 is 0 Å². The molecule has 3 atom stereocenters. The van der Waals surface area contributed by atoms with Crippen LogP contribution in [-0.2, 0) is 12.6 Å². The van der Waals surface area contributed by atoms with E-state index in [1.807, 2.05) is 12.3 Å². The van der Waals surface area contributed by atoms with Crippen LogP contribution in [-0.4, -0.2) is 10.1 Å². The molecule has 2 heteroatoms. The molecule has 0 saturated heterocycles. The van der Waals surface area contributed by atoms with Crippen LogP contribution in [0.3, 0.4) is 0 Å². The standard InChI is InChI=1S/C28H42NP/c1-26(2,3)24-22(25(24)27(4,5)6)18-20-14-10-11-15-21(20)19-30(28(7,8)9)23-16-12-13-17-29-23/h10-17,22,24-25H,18-19H2,1-9H3. The first kappa shape index (κ1) is 23.5. The van der Waals surface area contributed by atoms with E-state index >= 15 is 0 Å². The average molecular weight is 424 g/mol. The smallest absolute Gasteiger partial charge is 0.0639 e. The van der Waals surface area contributed by atoms with Crippen molar-refractivity contribution in [1.29, 1.82) is 0 Å². The highest BCUT2D eigenvalue weighted by atomic mass is 31.1. The van der Waals surface area contributed by atoms with Crippen molar-refractivity contribution in [2.24, 2.45) is 28.6 Å². The van der Waals surface area contributed by atoms with Gasteiger partial charge in [-0.25, -0.2) is 0 Å². The Morgan fingerprint density at radius 1 is 0.733 bits per heavy atom. The van der Waals surface area contributed by atoms with Gasteiger partial charge in [-0.15, -0.1) is 0 Å². The van der Waals surface area contributed by atoms with Crippen LogP contribution in [0, 0.1) is 28.6 Å². The van der Waals surface area contributed by atoms with Crippen LogP contribution in [0.5, 0.6) is 0 Å². The summed E-state index contributed by atoms with van der Waals surface area (Å²) in [5.41, 5.74) is 5.14. The lowest BCUT2D eigenvalue weighted by atomic mass is 9.81. The molecule has 30 heavy (non-hydrogen) atoms. The molecule has 1 aliphatic carbocycles. The van der Waals surface area contributed by atoms with Crippen LogP contribution in [0.15, 0.2) is 48.7 Å². The van der Waals surface area contributed by atoms with Gasteiger partial charge in [-0.2, -0.15) is 0 Å². The van der Waals surface area contributed by atoms with Crippen molar-refractivity contribution < 1.29 is 0 Å². The van der Waals surface area contributed by atoms with Crippen molar-refractivity contribution >= 4 is 13.4 Å². The number of hydrogen-bond acceptors (Lipinski definition) is 1. The van der Waals surface area contributed by atoms with E-state index in [4.69, 9.17) is 4.98 Å². The van der Waals surface area contributed by atoms with Crippen molar-refractivity contribution in [2.75, 3.05) is 0 Å². The molecule has 1 aliphatic rings. The Bertz CT molecular complexity index is 815. The fourth-order valence-electron chi connectivity index (χ4n) is 5.50. The molecular formula is C28H42NP. The van der Waals surface area contributed by atoms with Gasteiger partial charge in [-0.1, -0.05) is 92.6 Å². The Hall–Kier alpha value is -1.20. The highest BCUT2D eigenvalue weighted by Gasteiger charge is 2.59. The van der Waals surface area contributed by atoms with E-state index in [1.54, 1.807) is 5.56 Å². The first-order valence-corrected chi connectivity index (χ1v) is 13.1. The molecule has 0 aliphatic heterocycles. The van der Waals surface area contributed by atoms with Gasteiger partial charge in [0.15, 0.2) is 0 Å². The lowest BCUT2D eigenvalue weighted by molar-refractivity contribution is 0.254. The fraction of sp³-hybridized carbons (Fsp3) is 0.607. The van der Waals surface area contributed by atoms with E-state index in [1.165, 1.54) is 17.4 Å². The second-order valence-corrected chi connectivity index (χ2v) is 15.3. The summed E-state index contributed by atoms with van der Waals surface area (Å²) >= 11 is 0. The molecule has 1 saturated carbocycles. The van der Waals surface area contributed by atoms with E-state index in [0.717, 1.165) is 23.9 Å². The molecule has 164 valence electrons. The SMILES string of the molecule is CC(C)(C)C1C(Cc2ccccc2CP(c2ccccn2)C(C)(C)C)C1C(C)(C)C. The molecule has 0 spiro atoms. The van der Waals surface area contributed by atoms with E-state index in [0.29, 0.717) is 10.8 Å². The Labute approximate surface area is 186 Å². The topological polar surface area (TPSA) is 12.9 Å². The fourth-order valence-corrected chi connectivity index (χ4v) is 7.94. The zero-order chi connectivity index (χ0) is 22.3. The van der Waals surface area contributed by atoms with Crippen molar-refractivity contribution in [3.63, 3.8) is 0 Å². The van der Waals surface area contributed by atoms with Crippen molar-refractivity contribution in [3.8, 4) is 0 Å². The van der Waals surface area contributed by atoms with Gasteiger partial charge in [-0.05, 0) is 77.5 Å². The summed E-state index contributed by atoms with van der Waals surface area (Å²) in [6.45, 7) is 21.7. The highest BCUT2D eigenvalue weighted by Crippen LogP contribution is 2.64. The molecular weight excluding hydrogens is 381 g/mol. The van der Waals surface area contributed by atoms with Crippen LogP contribution < -0.4 is 5.44 Å². The minimum atomic E-state index is -0.372. The van der Waals surface area contributed by atoms with Gasteiger partial charge in [0.05, 0.1) is 5.44 Å². The van der Waals surface area contributed by atoms with Crippen LogP contribution in [0.1, 0.15) is 73.4 Å². The maximum absolute atomic E-state index is 4.76. The number of hydrogen-bond donors (Lipinski definition) is 0. The van der Waals surface area contributed by atoms with Gasteiger partial charge in [0.2, 0.25) is 0 Å². The number of aromatic nitrogens is 1. The molecule has 1 nitrogen and oxygen atoms in total. The zero-order valence-electron chi connectivity index (χ0n) is 20.7. The molecule has 0 N–H and O–H groups in total. The molecule has 1 aromatic carbocycles. The van der Waals surface area contributed by atoms with Gasteiger partial charge in [-0.3, -0.25) is 4.98 Å². The Kier molecular flexibility index (Phi) is 6.56. The molecule has 1 aromatic heterocycles. The lowest BCUT2D eigenvalue weighted by Crippen LogP contribution is -2.22. The van der Waals surface area contributed by atoms with Gasteiger partial charge < -0.3 is 0 Å². The maximum Gasteiger partial charge on any atom is 0.0639 e. The predicted molar refractivity (Wildman–Crippen MR) is 134 cm³/mol. The molecule has 0 radical (unpaired) electrons. The second-order valence-electron chi connectivity index (χ2n) is 12.4. The summed E-state index contributed by atoms with van der Waals surface area (Å²) in [6.07, 6.45) is 4.29. The number of benzene rings is 1. The quantitative estimate of drug-likeness (QED) is 0.449. The lowest BCUT2D eigenvalue weighted by Gasteiger charge is -2.31. The average Bonchev–Trinajstić information content (AvgIpc) is 3.36. The summed E-state index contributed by atoms with van der Waals surface area (Å²) in [4.78, 5) is 4.76. The van der Waals surface area contributed by atoms with E-state index in [-0.39, 0.29) is 13.1 Å². The first-order chi connectivity index (χ1) is 13.8. The molecule has 0 bridgehead atoms. The Balaban J connectivity index is 1.88. The summed E-state index contributed by atoms with van der Waals surface area (Å²) in [5, 5.41) is 0.234. The monoisotopic (exact) mass is 423 g/mol. The zero-order valence-corrected chi connectivity index (χ0v) is 21.6. The largest absolute Gasteiger partial charge is 0.257 e. The maximum atomic E-state index is 4.76. The molecule has 2 aromatic rings. The van der Waals surface area contributed by atoms with Gasteiger partial charge in [0.1, 0.15) is 0 Å². The third-order valence-corrected chi connectivity index (χ3v) is 9.90. The minimum Gasteiger partial charge on any atom is -0.257 e. The Morgan fingerprint density at radius 3 is 1.73 bits per heavy atom. The summed E-state index contributed by atoms with van der Waals surface area (Å²) in [5.74, 6) is 2.41. The summed E-state index contributed by atoms with van der Waals surface area (Å²) in [6, 6.07) is 15.6.